The number of carbonyl (C=O) groups excluding carboxylic acids is 2. The minimum Gasteiger partial charge on any atom is -0.449 e. The Bertz CT molecular complexity index is 1070. The fourth-order valence-electron chi connectivity index (χ4n) is 3.94. The number of amides is 1. The van der Waals surface area contributed by atoms with Gasteiger partial charge < -0.3 is 10.1 Å². The number of carbonyl (C=O) groups is 2. The van der Waals surface area contributed by atoms with Gasteiger partial charge in [0.25, 0.3) is 0 Å². The first-order valence-electron chi connectivity index (χ1n) is 10.0. The summed E-state index contributed by atoms with van der Waals surface area (Å²) >= 11 is 0. The van der Waals surface area contributed by atoms with Gasteiger partial charge in [0, 0.05) is 18.0 Å². The van der Waals surface area contributed by atoms with E-state index in [1.165, 1.54) is 22.3 Å². The standard InChI is InChI=1S/C26H23NO3/c1-18(28)20-11-3-2-9-19(20)10-8-16-27-26(29)30-17-25-23-14-6-4-12-21(23)22-13-5-7-15-24(22)25/h2-15,25H,16-17H2,1H3,(H,27,29). The second-order valence-electron chi connectivity index (χ2n) is 7.25. The molecule has 0 aromatic heterocycles. The van der Waals surface area contributed by atoms with Gasteiger partial charge in [0.2, 0.25) is 0 Å². The number of benzene rings is 3. The molecule has 0 radical (unpaired) electrons. The van der Waals surface area contributed by atoms with Crippen molar-refractivity contribution in [3.8, 4) is 11.1 Å². The number of fused-ring (bicyclic) bond motifs is 3. The van der Waals surface area contributed by atoms with Crippen molar-refractivity contribution in [1.29, 1.82) is 0 Å². The highest BCUT2D eigenvalue weighted by atomic mass is 16.5. The second-order valence-corrected chi connectivity index (χ2v) is 7.25. The molecular formula is C26H23NO3. The van der Waals surface area contributed by atoms with E-state index in [4.69, 9.17) is 4.74 Å². The molecule has 1 N–H and O–H groups in total. The van der Waals surface area contributed by atoms with Crippen LogP contribution < -0.4 is 5.32 Å². The van der Waals surface area contributed by atoms with E-state index < -0.39 is 6.09 Å². The molecule has 0 fully saturated rings. The third-order valence-electron chi connectivity index (χ3n) is 5.35. The van der Waals surface area contributed by atoms with E-state index in [1.54, 1.807) is 13.0 Å². The summed E-state index contributed by atoms with van der Waals surface area (Å²) in [6, 6.07) is 23.9. The van der Waals surface area contributed by atoms with Crippen LogP contribution in [0.4, 0.5) is 4.79 Å². The monoisotopic (exact) mass is 397 g/mol. The Labute approximate surface area is 176 Å². The molecule has 0 unspecified atom stereocenters. The minimum absolute atomic E-state index is 0.0137. The Morgan fingerprint density at radius 3 is 2.17 bits per heavy atom. The molecule has 0 heterocycles. The van der Waals surface area contributed by atoms with Crippen LogP contribution in [0.3, 0.4) is 0 Å². The van der Waals surface area contributed by atoms with Crippen molar-refractivity contribution in [2.24, 2.45) is 0 Å². The molecule has 0 saturated heterocycles. The van der Waals surface area contributed by atoms with Crippen molar-refractivity contribution in [3.63, 3.8) is 0 Å². The van der Waals surface area contributed by atoms with E-state index in [1.807, 2.05) is 54.6 Å². The number of hydrogen-bond acceptors (Lipinski definition) is 3. The predicted octanol–water partition coefficient (Wildman–Crippen LogP) is 5.44. The van der Waals surface area contributed by atoms with Crippen molar-refractivity contribution in [1.82, 2.24) is 5.32 Å². The highest BCUT2D eigenvalue weighted by Gasteiger charge is 2.28. The lowest BCUT2D eigenvalue weighted by atomic mass is 9.98. The van der Waals surface area contributed by atoms with Crippen LogP contribution in [0.25, 0.3) is 17.2 Å². The fourth-order valence-corrected chi connectivity index (χ4v) is 3.94. The van der Waals surface area contributed by atoms with Crippen LogP contribution in [0.1, 0.15) is 39.9 Å². The number of Topliss-reactive ketones (excluding diaryl/α,β-unsaturated/α-hetero) is 1. The summed E-state index contributed by atoms with van der Waals surface area (Å²) in [6.45, 7) is 2.15. The summed E-state index contributed by atoms with van der Waals surface area (Å²) in [5.74, 6) is 0.0564. The van der Waals surface area contributed by atoms with Gasteiger partial charge in [-0.15, -0.1) is 0 Å². The predicted molar refractivity (Wildman–Crippen MR) is 119 cm³/mol. The maximum atomic E-state index is 12.2. The van der Waals surface area contributed by atoms with Gasteiger partial charge in [0.15, 0.2) is 5.78 Å². The van der Waals surface area contributed by atoms with Crippen LogP contribution in [0.15, 0.2) is 78.9 Å². The lowest BCUT2D eigenvalue weighted by Crippen LogP contribution is -2.26. The van der Waals surface area contributed by atoms with Crippen molar-refractivity contribution in [3.05, 3.63) is 101 Å². The highest BCUT2D eigenvalue weighted by Crippen LogP contribution is 2.44. The average molecular weight is 397 g/mol. The molecule has 0 bridgehead atoms. The van der Waals surface area contributed by atoms with Gasteiger partial charge in [0.1, 0.15) is 6.61 Å². The fraction of sp³-hybridized carbons (Fsp3) is 0.154. The van der Waals surface area contributed by atoms with Gasteiger partial charge in [0.05, 0.1) is 0 Å². The molecule has 0 atom stereocenters. The molecule has 3 aromatic rings. The third kappa shape index (κ3) is 4.03. The van der Waals surface area contributed by atoms with Gasteiger partial charge >= 0.3 is 6.09 Å². The molecule has 1 aliphatic carbocycles. The van der Waals surface area contributed by atoms with E-state index in [2.05, 4.69) is 29.6 Å². The summed E-state index contributed by atoms with van der Waals surface area (Å²) in [7, 11) is 0. The molecule has 3 aromatic carbocycles. The summed E-state index contributed by atoms with van der Waals surface area (Å²) in [5, 5.41) is 2.74. The Kier molecular flexibility index (Phi) is 5.75. The molecule has 1 aliphatic rings. The quantitative estimate of drug-likeness (QED) is 0.564. The number of ketones is 1. The van der Waals surface area contributed by atoms with Gasteiger partial charge in [-0.1, -0.05) is 84.9 Å². The number of alkyl carbamates (subject to hydrolysis) is 1. The largest absolute Gasteiger partial charge is 0.449 e. The minimum atomic E-state index is -0.457. The molecule has 30 heavy (non-hydrogen) atoms. The Hall–Kier alpha value is -3.66. The molecule has 4 heteroatoms. The maximum absolute atomic E-state index is 12.2. The van der Waals surface area contributed by atoms with Gasteiger partial charge in [-0.25, -0.2) is 4.79 Å². The van der Waals surface area contributed by atoms with E-state index in [9.17, 15) is 9.59 Å². The van der Waals surface area contributed by atoms with Crippen molar-refractivity contribution in [2.75, 3.05) is 13.2 Å². The first kappa shape index (κ1) is 19.6. The SMILES string of the molecule is CC(=O)c1ccccc1C=CCNC(=O)OCC1c2ccccc2-c2ccccc21. The Balaban J connectivity index is 1.34. The molecule has 0 saturated carbocycles. The first-order chi connectivity index (χ1) is 14.6. The van der Waals surface area contributed by atoms with E-state index >= 15 is 0 Å². The third-order valence-corrected chi connectivity index (χ3v) is 5.35. The number of rotatable bonds is 6. The van der Waals surface area contributed by atoms with Gasteiger partial charge in [-0.05, 0) is 34.7 Å². The molecular weight excluding hydrogens is 374 g/mol. The normalized spacial score (nSPS) is 12.4. The highest BCUT2D eigenvalue weighted by molar-refractivity contribution is 5.97. The van der Waals surface area contributed by atoms with Crippen molar-refractivity contribution in [2.45, 2.75) is 12.8 Å². The van der Waals surface area contributed by atoms with Crippen LogP contribution in [0.5, 0.6) is 0 Å². The van der Waals surface area contributed by atoms with Gasteiger partial charge in [-0.3, -0.25) is 4.79 Å². The molecule has 150 valence electrons. The molecule has 4 rings (SSSR count). The lowest BCUT2D eigenvalue weighted by molar-refractivity contribution is 0.101. The zero-order chi connectivity index (χ0) is 20.9. The number of ether oxygens (including phenoxy) is 1. The number of nitrogens with one attached hydrogen (secondary N) is 1. The zero-order valence-corrected chi connectivity index (χ0v) is 16.8. The smallest absolute Gasteiger partial charge is 0.407 e. The summed E-state index contributed by atoms with van der Waals surface area (Å²) in [4.78, 5) is 23.9. The van der Waals surface area contributed by atoms with Crippen molar-refractivity contribution < 1.29 is 14.3 Å². The van der Waals surface area contributed by atoms with Crippen molar-refractivity contribution >= 4 is 18.0 Å². The molecule has 4 nitrogen and oxygen atoms in total. The van der Waals surface area contributed by atoms with E-state index in [0.717, 1.165) is 5.56 Å². The van der Waals surface area contributed by atoms with Crippen LogP contribution >= 0.6 is 0 Å². The lowest BCUT2D eigenvalue weighted by Gasteiger charge is -2.14. The Morgan fingerprint density at radius 1 is 0.900 bits per heavy atom. The summed E-state index contributed by atoms with van der Waals surface area (Å²) in [5.41, 5.74) is 6.28. The molecule has 0 spiro atoms. The topological polar surface area (TPSA) is 55.4 Å². The molecule has 1 amide bonds. The van der Waals surface area contributed by atoms with Crippen LogP contribution in [0, 0.1) is 0 Å². The maximum Gasteiger partial charge on any atom is 0.407 e. The zero-order valence-electron chi connectivity index (χ0n) is 16.8. The van der Waals surface area contributed by atoms with Gasteiger partial charge in [-0.2, -0.15) is 0 Å². The van der Waals surface area contributed by atoms with Crippen LogP contribution in [-0.4, -0.2) is 25.0 Å². The Morgan fingerprint density at radius 2 is 1.50 bits per heavy atom. The first-order valence-corrected chi connectivity index (χ1v) is 10.0. The summed E-state index contributed by atoms with van der Waals surface area (Å²) in [6.07, 6.45) is 3.19. The van der Waals surface area contributed by atoms with Crippen LogP contribution in [-0.2, 0) is 4.74 Å². The average Bonchev–Trinajstić information content (AvgIpc) is 3.09. The summed E-state index contributed by atoms with van der Waals surface area (Å²) < 4.78 is 5.52. The molecule has 0 aliphatic heterocycles. The second kappa shape index (κ2) is 8.78. The van der Waals surface area contributed by atoms with Crippen LogP contribution in [0.2, 0.25) is 0 Å². The van der Waals surface area contributed by atoms with E-state index in [-0.39, 0.29) is 18.3 Å². The number of hydrogen-bond donors (Lipinski definition) is 1. The van der Waals surface area contributed by atoms with E-state index in [0.29, 0.717) is 12.1 Å².